The predicted octanol–water partition coefficient (Wildman–Crippen LogP) is 4.11. The van der Waals surface area contributed by atoms with Gasteiger partial charge in [-0.25, -0.2) is 0 Å². The summed E-state index contributed by atoms with van der Waals surface area (Å²) in [4.78, 5) is 0. The van der Waals surface area contributed by atoms with Crippen LogP contribution in [0.25, 0.3) is 0 Å². The van der Waals surface area contributed by atoms with Crippen LogP contribution in [0, 0.1) is 0 Å². The van der Waals surface area contributed by atoms with Crippen LogP contribution >= 0.6 is 0 Å². The second-order valence-electron chi connectivity index (χ2n) is 7.46. The normalized spacial score (nSPS) is 14.0. The number of hydrogen-bond donors (Lipinski definition) is 4. The maximum atomic E-state index is 9.19. The lowest BCUT2D eigenvalue weighted by atomic mass is 9.89. The molecular weight excluding hydrogens is 300 g/mol. The Morgan fingerprint density at radius 2 is 0.917 bits per heavy atom. The topological polar surface area (TPSA) is 92.5 Å². The van der Waals surface area contributed by atoms with Crippen LogP contribution in [0.2, 0.25) is 0 Å². The first-order valence-electron chi connectivity index (χ1n) is 10.2. The average Bonchev–Trinajstić information content (AvgIpc) is 2.56. The smallest absolute Gasteiger partial charge is 0.0611 e. The van der Waals surface area contributed by atoms with E-state index in [9.17, 15) is 5.11 Å². The van der Waals surface area contributed by atoms with Gasteiger partial charge in [0.2, 0.25) is 0 Å². The van der Waals surface area contributed by atoms with E-state index in [1.165, 1.54) is 25.7 Å². The van der Waals surface area contributed by atoms with Crippen molar-refractivity contribution in [1.82, 2.24) is 0 Å². The fraction of sp³-hybridized carbons (Fsp3) is 1.00. The van der Waals surface area contributed by atoms with E-state index in [4.69, 9.17) is 16.6 Å². The van der Waals surface area contributed by atoms with Crippen molar-refractivity contribution in [2.45, 2.75) is 116 Å². The molecule has 0 fully saturated rings. The fourth-order valence-corrected chi connectivity index (χ4v) is 3.14. The third-order valence-corrected chi connectivity index (χ3v) is 4.65. The molecule has 0 aromatic rings. The van der Waals surface area contributed by atoms with E-state index < -0.39 is 0 Å². The summed E-state index contributed by atoms with van der Waals surface area (Å²) in [6, 6.07) is 0. The average molecular weight is 347 g/mol. The molecule has 148 valence electrons. The van der Waals surface area contributed by atoms with E-state index >= 15 is 0 Å². The summed E-state index contributed by atoms with van der Waals surface area (Å²) in [5.74, 6) is 0. The van der Waals surface area contributed by atoms with Gasteiger partial charge in [-0.2, -0.15) is 0 Å². The number of rotatable bonds is 14. The molecule has 6 N–H and O–H groups in total. The molecule has 0 aromatic heterocycles. The number of unbranched alkanes of at least 4 members (excludes halogenated alkanes) is 4. The molecule has 4 heteroatoms. The molecule has 0 aromatic carbocycles. The Hall–Kier alpha value is -0.160. The first-order chi connectivity index (χ1) is 11.4. The zero-order chi connectivity index (χ0) is 18.9. The highest BCUT2D eigenvalue weighted by Gasteiger charge is 2.22. The third-order valence-electron chi connectivity index (χ3n) is 4.65. The molecule has 0 heterocycles. The van der Waals surface area contributed by atoms with Crippen LogP contribution in [0.3, 0.4) is 0 Å². The quantitative estimate of drug-likeness (QED) is 0.356. The molecule has 0 spiro atoms. The number of aliphatic hydroxyl groups is 2. The van der Waals surface area contributed by atoms with Crippen LogP contribution in [-0.4, -0.2) is 34.5 Å². The van der Waals surface area contributed by atoms with Crippen molar-refractivity contribution in [2.24, 2.45) is 11.5 Å². The highest BCUT2D eigenvalue weighted by molar-refractivity contribution is 4.82. The molecule has 0 saturated carbocycles. The van der Waals surface area contributed by atoms with Crippen molar-refractivity contribution in [1.29, 1.82) is 0 Å². The molecule has 4 nitrogen and oxygen atoms in total. The van der Waals surface area contributed by atoms with Gasteiger partial charge in [0, 0.05) is 11.1 Å². The Bertz CT molecular complexity index is 256. The lowest BCUT2D eigenvalue weighted by Crippen LogP contribution is -2.43. The van der Waals surface area contributed by atoms with Crippen molar-refractivity contribution < 1.29 is 10.2 Å². The van der Waals surface area contributed by atoms with Crippen molar-refractivity contribution in [2.75, 3.05) is 13.2 Å². The molecule has 0 rings (SSSR count). The van der Waals surface area contributed by atoms with Gasteiger partial charge in [-0.1, -0.05) is 79.1 Å². The minimum absolute atomic E-state index is 0.120. The highest BCUT2D eigenvalue weighted by atomic mass is 16.3. The van der Waals surface area contributed by atoms with Crippen molar-refractivity contribution in [3.8, 4) is 0 Å². The van der Waals surface area contributed by atoms with Gasteiger partial charge in [0.25, 0.3) is 0 Å². The van der Waals surface area contributed by atoms with Crippen molar-refractivity contribution in [3.63, 3.8) is 0 Å². The molecule has 0 aliphatic carbocycles. The molecule has 1 atom stereocenters. The molecule has 1 unspecified atom stereocenters. The Labute approximate surface area is 151 Å². The lowest BCUT2D eigenvalue weighted by Gasteiger charge is -2.26. The van der Waals surface area contributed by atoms with Gasteiger partial charge in [-0.3, -0.25) is 0 Å². The van der Waals surface area contributed by atoms with E-state index in [0.29, 0.717) is 0 Å². The summed E-state index contributed by atoms with van der Waals surface area (Å²) in [6.07, 6.45) is 13.3. The summed E-state index contributed by atoms with van der Waals surface area (Å²) in [6.45, 7) is 8.77. The van der Waals surface area contributed by atoms with Crippen LogP contribution in [-0.2, 0) is 0 Å². The Morgan fingerprint density at radius 1 is 0.542 bits per heavy atom. The van der Waals surface area contributed by atoms with Gasteiger partial charge < -0.3 is 21.7 Å². The van der Waals surface area contributed by atoms with Gasteiger partial charge in [-0.05, 0) is 25.7 Å². The first kappa shape index (κ1) is 26.1. The summed E-state index contributed by atoms with van der Waals surface area (Å²) in [5.41, 5.74) is 11.3. The SMILES string of the molecule is CCCC(N)(CO)CCC.CCCCCCCC(N)(CO)CCC. The molecule has 24 heavy (non-hydrogen) atoms. The first-order valence-corrected chi connectivity index (χ1v) is 10.2. The minimum Gasteiger partial charge on any atom is -0.394 e. The van der Waals surface area contributed by atoms with E-state index in [1.54, 1.807) is 0 Å². The van der Waals surface area contributed by atoms with Gasteiger partial charge in [0.15, 0.2) is 0 Å². The van der Waals surface area contributed by atoms with E-state index in [-0.39, 0.29) is 24.3 Å². The Kier molecular flexibility index (Phi) is 17.7. The minimum atomic E-state index is -0.305. The Morgan fingerprint density at radius 3 is 1.25 bits per heavy atom. The van der Waals surface area contributed by atoms with Gasteiger partial charge in [-0.15, -0.1) is 0 Å². The number of hydrogen-bond acceptors (Lipinski definition) is 4. The summed E-state index contributed by atoms with van der Waals surface area (Å²) >= 11 is 0. The van der Waals surface area contributed by atoms with Crippen LogP contribution in [0.4, 0.5) is 0 Å². The standard InChI is InChI=1S/C12H27NO.C8H19NO/c1-3-5-6-7-8-10-12(13,11-14)9-4-2;1-3-5-8(9,7-10)6-4-2/h14H,3-11,13H2,1-2H3;10H,3-7,9H2,1-2H3. The second kappa shape index (κ2) is 16.3. The molecule has 0 aliphatic rings. The van der Waals surface area contributed by atoms with Crippen LogP contribution in [0.1, 0.15) is 105 Å². The largest absolute Gasteiger partial charge is 0.394 e. The second-order valence-corrected chi connectivity index (χ2v) is 7.46. The maximum Gasteiger partial charge on any atom is 0.0611 e. The van der Waals surface area contributed by atoms with Crippen LogP contribution < -0.4 is 11.5 Å². The Balaban J connectivity index is 0. The van der Waals surface area contributed by atoms with Crippen molar-refractivity contribution >= 4 is 0 Å². The van der Waals surface area contributed by atoms with E-state index in [2.05, 4.69) is 27.7 Å². The van der Waals surface area contributed by atoms with Crippen LogP contribution in [0.5, 0.6) is 0 Å². The van der Waals surface area contributed by atoms with Crippen LogP contribution in [0.15, 0.2) is 0 Å². The third kappa shape index (κ3) is 14.2. The molecule has 0 amide bonds. The molecule has 0 radical (unpaired) electrons. The zero-order valence-electron chi connectivity index (χ0n) is 16.9. The lowest BCUT2D eigenvalue weighted by molar-refractivity contribution is 0.174. The highest BCUT2D eigenvalue weighted by Crippen LogP contribution is 2.18. The van der Waals surface area contributed by atoms with E-state index in [0.717, 1.165) is 51.4 Å². The zero-order valence-corrected chi connectivity index (χ0v) is 16.9. The predicted molar refractivity (Wildman–Crippen MR) is 106 cm³/mol. The maximum absolute atomic E-state index is 9.19. The molecule has 0 saturated heterocycles. The molecule has 0 aliphatic heterocycles. The summed E-state index contributed by atoms with van der Waals surface area (Å²) < 4.78 is 0. The number of aliphatic hydroxyl groups excluding tert-OH is 2. The van der Waals surface area contributed by atoms with Gasteiger partial charge >= 0.3 is 0 Å². The molecular formula is C20H46N2O2. The monoisotopic (exact) mass is 346 g/mol. The van der Waals surface area contributed by atoms with Gasteiger partial charge in [0.1, 0.15) is 0 Å². The van der Waals surface area contributed by atoms with Crippen molar-refractivity contribution in [3.05, 3.63) is 0 Å². The van der Waals surface area contributed by atoms with Gasteiger partial charge in [0.05, 0.1) is 13.2 Å². The summed E-state index contributed by atoms with van der Waals surface area (Å²) in [7, 11) is 0. The molecule has 0 bridgehead atoms. The fourth-order valence-electron chi connectivity index (χ4n) is 3.14. The van der Waals surface area contributed by atoms with E-state index in [1.807, 2.05) is 0 Å². The number of nitrogens with two attached hydrogens (primary N) is 2. The summed E-state index contributed by atoms with van der Waals surface area (Å²) in [5, 5.41) is 18.1.